The van der Waals surface area contributed by atoms with Crippen LogP contribution in [0.15, 0.2) is 42.5 Å². The van der Waals surface area contributed by atoms with Gasteiger partial charge in [0.1, 0.15) is 0 Å². The molecule has 0 saturated carbocycles. The highest BCUT2D eigenvalue weighted by Gasteiger charge is 2.33. The van der Waals surface area contributed by atoms with E-state index in [2.05, 4.69) is 5.32 Å². The molecule has 0 spiro atoms. The number of anilines is 2. The molecule has 0 saturated heterocycles. The largest absolute Gasteiger partial charge is 0.416 e. The zero-order valence-electron chi connectivity index (χ0n) is 13.6. The number of amides is 2. The van der Waals surface area contributed by atoms with Crippen molar-refractivity contribution < 1.29 is 27.7 Å². The Morgan fingerprint density at radius 1 is 1.15 bits per heavy atom. The van der Waals surface area contributed by atoms with Gasteiger partial charge in [-0.3, -0.25) is 19.7 Å². The molecule has 27 heavy (non-hydrogen) atoms. The molecule has 2 amide bonds. The third kappa shape index (κ3) is 3.73. The van der Waals surface area contributed by atoms with Gasteiger partial charge in [-0.25, -0.2) is 0 Å². The average molecular weight is 379 g/mol. The van der Waals surface area contributed by atoms with E-state index in [0.717, 1.165) is 30.3 Å². The molecule has 0 aliphatic carbocycles. The summed E-state index contributed by atoms with van der Waals surface area (Å²) in [7, 11) is 0. The highest BCUT2D eigenvalue weighted by atomic mass is 19.4. The Kier molecular flexibility index (Phi) is 4.56. The molecule has 2 aromatic rings. The molecule has 0 unspecified atom stereocenters. The molecule has 10 heteroatoms. The second-order valence-electron chi connectivity index (χ2n) is 5.79. The normalized spacial score (nSPS) is 14.2. The molecule has 140 valence electrons. The van der Waals surface area contributed by atoms with Gasteiger partial charge in [0.25, 0.3) is 11.6 Å². The number of halogens is 3. The number of hydrogen-bond donors (Lipinski definition) is 1. The molecular formula is C17H12F3N3O4. The van der Waals surface area contributed by atoms with Crippen molar-refractivity contribution in [2.75, 3.05) is 16.8 Å². The van der Waals surface area contributed by atoms with Crippen LogP contribution in [-0.2, 0) is 11.0 Å². The van der Waals surface area contributed by atoms with Crippen molar-refractivity contribution >= 4 is 28.9 Å². The van der Waals surface area contributed by atoms with E-state index in [-0.39, 0.29) is 35.6 Å². The highest BCUT2D eigenvalue weighted by Crippen LogP contribution is 2.37. The number of nitrogens with zero attached hydrogens (tertiary/aromatic N) is 2. The number of nitro benzene ring substituents is 1. The van der Waals surface area contributed by atoms with Crippen molar-refractivity contribution in [3.63, 3.8) is 0 Å². The van der Waals surface area contributed by atoms with E-state index >= 15 is 0 Å². The Balaban J connectivity index is 2.00. The van der Waals surface area contributed by atoms with Gasteiger partial charge in [0.05, 0.1) is 21.9 Å². The van der Waals surface area contributed by atoms with Crippen LogP contribution in [0.1, 0.15) is 22.3 Å². The molecule has 1 heterocycles. The summed E-state index contributed by atoms with van der Waals surface area (Å²) in [6, 6.07) is 7.53. The molecular weight excluding hydrogens is 367 g/mol. The molecule has 1 aliphatic heterocycles. The summed E-state index contributed by atoms with van der Waals surface area (Å²) in [5.74, 6) is -1.10. The maximum absolute atomic E-state index is 12.9. The Morgan fingerprint density at radius 2 is 1.81 bits per heavy atom. The van der Waals surface area contributed by atoms with Crippen LogP contribution < -0.4 is 10.2 Å². The first-order valence-corrected chi connectivity index (χ1v) is 7.74. The van der Waals surface area contributed by atoms with Gasteiger partial charge >= 0.3 is 6.18 Å². The summed E-state index contributed by atoms with van der Waals surface area (Å²) in [5.41, 5.74) is -1.04. The Morgan fingerprint density at radius 3 is 2.41 bits per heavy atom. The first kappa shape index (κ1) is 18.4. The predicted octanol–water partition coefficient (Wildman–Crippen LogP) is 3.60. The SMILES string of the molecule is O=C1CCN(C(=O)c2ccc([N+](=O)[O-])cc2)c2ccc(C(F)(F)F)cc2N1. The lowest BCUT2D eigenvalue weighted by atomic mass is 10.1. The van der Waals surface area contributed by atoms with E-state index in [1.54, 1.807) is 0 Å². The van der Waals surface area contributed by atoms with Crippen LogP contribution >= 0.6 is 0 Å². The minimum Gasteiger partial charge on any atom is -0.324 e. The Bertz CT molecular complexity index is 926. The van der Waals surface area contributed by atoms with Crippen LogP contribution in [0.4, 0.5) is 30.2 Å². The van der Waals surface area contributed by atoms with Crippen molar-refractivity contribution in [3.05, 3.63) is 63.7 Å². The third-order valence-corrected chi connectivity index (χ3v) is 4.02. The summed E-state index contributed by atoms with van der Waals surface area (Å²) < 4.78 is 38.8. The molecule has 1 aliphatic rings. The zero-order chi connectivity index (χ0) is 19.8. The number of rotatable bonds is 2. The van der Waals surface area contributed by atoms with Crippen molar-refractivity contribution in [2.45, 2.75) is 12.6 Å². The molecule has 3 rings (SSSR count). The number of alkyl halides is 3. The van der Waals surface area contributed by atoms with E-state index in [9.17, 15) is 32.9 Å². The Hall–Kier alpha value is -3.43. The summed E-state index contributed by atoms with van der Waals surface area (Å²) in [5, 5.41) is 13.1. The number of nitro groups is 1. The summed E-state index contributed by atoms with van der Waals surface area (Å²) >= 11 is 0. The molecule has 0 aromatic heterocycles. The summed E-state index contributed by atoms with van der Waals surface area (Å²) in [6.07, 6.45) is -4.70. The Labute approximate surface area is 150 Å². The minimum atomic E-state index is -4.60. The fourth-order valence-corrected chi connectivity index (χ4v) is 2.69. The third-order valence-electron chi connectivity index (χ3n) is 4.02. The number of non-ortho nitro benzene ring substituents is 1. The van der Waals surface area contributed by atoms with Crippen molar-refractivity contribution in [2.24, 2.45) is 0 Å². The van der Waals surface area contributed by atoms with Crippen LogP contribution in [-0.4, -0.2) is 23.3 Å². The van der Waals surface area contributed by atoms with Gasteiger partial charge < -0.3 is 10.2 Å². The van der Waals surface area contributed by atoms with Crippen LogP contribution in [0.2, 0.25) is 0 Å². The van der Waals surface area contributed by atoms with Gasteiger partial charge in [-0.05, 0) is 30.3 Å². The number of hydrogen-bond acceptors (Lipinski definition) is 4. The van der Waals surface area contributed by atoms with E-state index in [1.165, 1.54) is 17.0 Å². The number of nitrogens with one attached hydrogen (secondary N) is 1. The number of carbonyl (C=O) groups excluding carboxylic acids is 2. The summed E-state index contributed by atoms with van der Waals surface area (Å²) in [4.78, 5) is 35.9. The van der Waals surface area contributed by atoms with Gasteiger partial charge in [-0.2, -0.15) is 13.2 Å². The topological polar surface area (TPSA) is 92.5 Å². The van der Waals surface area contributed by atoms with E-state index < -0.39 is 28.5 Å². The lowest BCUT2D eigenvalue weighted by molar-refractivity contribution is -0.384. The quantitative estimate of drug-likeness (QED) is 0.637. The molecule has 1 N–H and O–H groups in total. The first-order valence-electron chi connectivity index (χ1n) is 7.74. The molecule has 0 bridgehead atoms. The minimum absolute atomic E-state index is 0.0416. The molecule has 2 aromatic carbocycles. The fraction of sp³-hybridized carbons (Fsp3) is 0.176. The average Bonchev–Trinajstić information content (AvgIpc) is 2.78. The maximum atomic E-state index is 12.9. The second kappa shape index (κ2) is 6.71. The molecule has 0 fully saturated rings. The van der Waals surface area contributed by atoms with Gasteiger partial charge in [-0.1, -0.05) is 0 Å². The van der Waals surface area contributed by atoms with Gasteiger partial charge in [0, 0.05) is 30.7 Å². The number of benzene rings is 2. The standard InChI is InChI=1S/C17H12F3N3O4/c18-17(19,20)11-3-6-14-13(9-11)21-15(24)7-8-22(14)16(25)10-1-4-12(5-2-10)23(26)27/h1-6,9H,7-8H2,(H,21,24). The zero-order valence-corrected chi connectivity index (χ0v) is 13.6. The van der Waals surface area contributed by atoms with Crippen LogP contribution in [0, 0.1) is 10.1 Å². The molecule has 7 nitrogen and oxygen atoms in total. The van der Waals surface area contributed by atoms with Gasteiger partial charge in [-0.15, -0.1) is 0 Å². The van der Waals surface area contributed by atoms with Crippen LogP contribution in [0.5, 0.6) is 0 Å². The number of carbonyl (C=O) groups is 2. The van der Waals surface area contributed by atoms with Crippen LogP contribution in [0.25, 0.3) is 0 Å². The van der Waals surface area contributed by atoms with Gasteiger partial charge in [0.15, 0.2) is 0 Å². The molecule has 0 radical (unpaired) electrons. The monoisotopic (exact) mass is 379 g/mol. The van der Waals surface area contributed by atoms with E-state index in [4.69, 9.17) is 0 Å². The summed E-state index contributed by atoms with van der Waals surface area (Å²) in [6.45, 7) is -0.0416. The van der Waals surface area contributed by atoms with Crippen molar-refractivity contribution in [1.29, 1.82) is 0 Å². The second-order valence-corrected chi connectivity index (χ2v) is 5.79. The van der Waals surface area contributed by atoms with E-state index in [1.807, 2.05) is 0 Å². The lowest BCUT2D eigenvalue weighted by Crippen LogP contribution is -2.31. The van der Waals surface area contributed by atoms with Crippen LogP contribution in [0.3, 0.4) is 0 Å². The smallest absolute Gasteiger partial charge is 0.324 e. The predicted molar refractivity (Wildman–Crippen MR) is 89.5 cm³/mol. The van der Waals surface area contributed by atoms with Crippen molar-refractivity contribution in [3.8, 4) is 0 Å². The van der Waals surface area contributed by atoms with E-state index in [0.29, 0.717) is 0 Å². The van der Waals surface area contributed by atoms with Gasteiger partial charge in [0.2, 0.25) is 5.91 Å². The lowest BCUT2D eigenvalue weighted by Gasteiger charge is -2.23. The number of fused-ring (bicyclic) bond motifs is 1. The van der Waals surface area contributed by atoms with Crippen molar-refractivity contribution in [1.82, 2.24) is 0 Å². The first-order chi connectivity index (χ1) is 12.7. The highest BCUT2D eigenvalue weighted by molar-refractivity contribution is 6.10. The fourth-order valence-electron chi connectivity index (χ4n) is 2.69. The molecule has 0 atom stereocenters. The maximum Gasteiger partial charge on any atom is 0.416 e.